The maximum absolute atomic E-state index is 2.36. The van der Waals surface area contributed by atoms with E-state index in [4.69, 9.17) is 0 Å². The topological polar surface area (TPSA) is 0 Å². The van der Waals surface area contributed by atoms with Gasteiger partial charge in [-0.05, 0) is 56.6 Å². The standard InChI is InChI=1S/C20H10S4/c1-3-13-9-15(23-19(13)17-11(1)5-7-21-17)16-10-14-4-2-12-6-8-22-18(12)20(14)24-16/h1-10H. The van der Waals surface area contributed by atoms with E-state index in [1.807, 2.05) is 45.3 Å². The van der Waals surface area contributed by atoms with Crippen LogP contribution in [-0.4, -0.2) is 0 Å². The summed E-state index contributed by atoms with van der Waals surface area (Å²) in [6.45, 7) is 0. The molecule has 0 aliphatic rings. The predicted octanol–water partition coefficient (Wildman–Crippen LogP) is 8.21. The van der Waals surface area contributed by atoms with Gasteiger partial charge in [0, 0.05) is 9.75 Å². The van der Waals surface area contributed by atoms with Gasteiger partial charge in [-0.2, -0.15) is 0 Å². The van der Waals surface area contributed by atoms with Gasteiger partial charge in [-0.1, -0.05) is 24.3 Å². The molecule has 0 saturated carbocycles. The predicted molar refractivity (Wildman–Crippen MR) is 113 cm³/mol. The van der Waals surface area contributed by atoms with Crippen LogP contribution < -0.4 is 0 Å². The molecule has 0 aliphatic heterocycles. The molecule has 6 aromatic rings. The number of benzene rings is 2. The number of hydrogen-bond acceptors (Lipinski definition) is 4. The summed E-state index contributed by atoms with van der Waals surface area (Å²) < 4.78 is 5.70. The summed E-state index contributed by atoms with van der Waals surface area (Å²) in [6.07, 6.45) is 0. The molecule has 0 bridgehead atoms. The van der Waals surface area contributed by atoms with Gasteiger partial charge < -0.3 is 0 Å². The van der Waals surface area contributed by atoms with Gasteiger partial charge >= 0.3 is 0 Å². The summed E-state index contributed by atoms with van der Waals surface area (Å²) in [7, 11) is 0. The van der Waals surface area contributed by atoms with Crippen LogP contribution in [0.15, 0.2) is 59.3 Å². The minimum atomic E-state index is 1.36. The van der Waals surface area contributed by atoms with Crippen molar-refractivity contribution in [1.82, 2.24) is 0 Å². The highest BCUT2D eigenvalue weighted by Crippen LogP contribution is 2.45. The van der Waals surface area contributed by atoms with Crippen molar-refractivity contribution in [3.05, 3.63) is 59.3 Å². The molecule has 0 N–H and O–H groups in total. The Hall–Kier alpha value is -1.72. The first kappa shape index (κ1) is 13.6. The van der Waals surface area contributed by atoms with E-state index in [0.717, 1.165) is 0 Å². The lowest BCUT2D eigenvalue weighted by molar-refractivity contribution is 1.94. The molecule has 4 heteroatoms. The molecule has 0 fully saturated rings. The van der Waals surface area contributed by atoms with Crippen molar-refractivity contribution in [3.63, 3.8) is 0 Å². The van der Waals surface area contributed by atoms with Crippen LogP contribution in [0.2, 0.25) is 0 Å². The van der Waals surface area contributed by atoms with Crippen LogP contribution in [0.4, 0.5) is 0 Å². The molecule has 0 amide bonds. The van der Waals surface area contributed by atoms with Crippen molar-refractivity contribution in [2.75, 3.05) is 0 Å². The van der Waals surface area contributed by atoms with Gasteiger partial charge in [0.25, 0.3) is 0 Å². The summed E-state index contributed by atoms with van der Waals surface area (Å²) in [5.74, 6) is 0. The molecule has 6 rings (SSSR count). The van der Waals surface area contributed by atoms with E-state index in [2.05, 4.69) is 59.3 Å². The normalized spacial score (nSPS) is 12.2. The lowest BCUT2D eigenvalue weighted by Gasteiger charge is -1.90. The largest absolute Gasteiger partial charge is 0.142 e. The Morgan fingerprint density at radius 2 is 0.917 bits per heavy atom. The van der Waals surface area contributed by atoms with E-state index in [9.17, 15) is 0 Å². The van der Waals surface area contributed by atoms with E-state index in [1.54, 1.807) is 0 Å². The van der Waals surface area contributed by atoms with E-state index >= 15 is 0 Å². The van der Waals surface area contributed by atoms with Crippen LogP contribution in [0.1, 0.15) is 0 Å². The van der Waals surface area contributed by atoms with Crippen LogP contribution >= 0.6 is 45.3 Å². The summed E-state index contributed by atoms with van der Waals surface area (Å²) in [5, 5.41) is 9.83. The second kappa shape index (κ2) is 4.90. The average Bonchev–Trinajstić information content (AvgIpc) is 3.36. The second-order valence-electron chi connectivity index (χ2n) is 5.87. The molecule has 4 heterocycles. The van der Waals surface area contributed by atoms with Crippen LogP contribution in [-0.2, 0) is 0 Å². The summed E-state index contributed by atoms with van der Waals surface area (Å²) in [5.41, 5.74) is 0. The molecular formula is C20H10S4. The van der Waals surface area contributed by atoms with E-state index in [-0.39, 0.29) is 0 Å². The Balaban J connectivity index is 1.64. The molecule has 0 nitrogen and oxygen atoms in total. The van der Waals surface area contributed by atoms with Crippen molar-refractivity contribution in [2.24, 2.45) is 0 Å². The van der Waals surface area contributed by atoms with Gasteiger partial charge in [0.1, 0.15) is 0 Å². The third-order valence-corrected chi connectivity index (χ3v) is 9.14. The smallest absolute Gasteiger partial charge is 0.0527 e. The monoisotopic (exact) mass is 378 g/mol. The fourth-order valence-electron chi connectivity index (χ4n) is 3.28. The molecule has 0 saturated heterocycles. The van der Waals surface area contributed by atoms with Crippen molar-refractivity contribution in [2.45, 2.75) is 0 Å². The molecule has 24 heavy (non-hydrogen) atoms. The molecule has 4 aromatic heterocycles. The zero-order valence-electron chi connectivity index (χ0n) is 12.4. The molecule has 0 aliphatic carbocycles. The molecule has 0 atom stereocenters. The Morgan fingerprint density at radius 1 is 0.458 bits per heavy atom. The molecule has 0 radical (unpaired) electrons. The molecule has 2 aromatic carbocycles. The first-order chi connectivity index (χ1) is 11.9. The summed E-state index contributed by atoms with van der Waals surface area (Å²) in [6, 6.07) is 18.1. The quantitative estimate of drug-likeness (QED) is 0.270. The van der Waals surface area contributed by atoms with E-state index < -0.39 is 0 Å². The van der Waals surface area contributed by atoms with Gasteiger partial charge in [0.05, 0.1) is 18.8 Å². The Bertz CT molecular complexity index is 1250. The SMILES string of the molecule is c1cc2ccc3cc(-c4cc5ccc6ccsc6c5s4)sc3c2s1. The Kier molecular flexibility index (Phi) is 2.77. The first-order valence-corrected chi connectivity index (χ1v) is 11.1. The van der Waals surface area contributed by atoms with Gasteiger partial charge in [-0.15, -0.1) is 45.3 Å². The zero-order chi connectivity index (χ0) is 15.7. The number of hydrogen-bond donors (Lipinski definition) is 0. The van der Waals surface area contributed by atoms with Gasteiger partial charge in [0.15, 0.2) is 0 Å². The Morgan fingerprint density at radius 3 is 1.42 bits per heavy atom. The molecule has 0 unspecified atom stereocenters. The minimum Gasteiger partial charge on any atom is -0.142 e. The third kappa shape index (κ3) is 1.82. The maximum atomic E-state index is 2.36. The highest BCUT2D eigenvalue weighted by atomic mass is 32.1. The molecule has 0 spiro atoms. The van der Waals surface area contributed by atoms with Crippen LogP contribution in [0.3, 0.4) is 0 Å². The van der Waals surface area contributed by atoms with Crippen LogP contribution in [0.25, 0.3) is 50.1 Å². The van der Waals surface area contributed by atoms with Gasteiger partial charge in [0.2, 0.25) is 0 Å². The van der Waals surface area contributed by atoms with Crippen LogP contribution in [0, 0.1) is 0 Å². The zero-order valence-corrected chi connectivity index (χ0v) is 15.7. The van der Waals surface area contributed by atoms with Crippen molar-refractivity contribution in [1.29, 1.82) is 0 Å². The average molecular weight is 379 g/mol. The second-order valence-corrected chi connectivity index (χ2v) is 9.80. The molecular weight excluding hydrogens is 368 g/mol. The maximum Gasteiger partial charge on any atom is 0.0527 e. The third-order valence-electron chi connectivity index (χ3n) is 4.45. The highest BCUT2D eigenvalue weighted by molar-refractivity contribution is 7.32. The van der Waals surface area contributed by atoms with Crippen molar-refractivity contribution in [3.8, 4) is 9.75 Å². The highest BCUT2D eigenvalue weighted by Gasteiger charge is 2.12. The first-order valence-electron chi connectivity index (χ1n) is 7.67. The summed E-state index contributed by atoms with van der Waals surface area (Å²) in [4.78, 5) is 2.77. The lowest BCUT2D eigenvalue weighted by atomic mass is 10.2. The van der Waals surface area contributed by atoms with Crippen LogP contribution in [0.5, 0.6) is 0 Å². The fraction of sp³-hybridized carbons (Fsp3) is 0. The van der Waals surface area contributed by atoms with Crippen molar-refractivity contribution >= 4 is 85.7 Å². The van der Waals surface area contributed by atoms with E-state index in [0.29, 0.717) is 0 Å². The number of rotatable bonds is 1. The van der Waals surface area contributed by atoms with E-state index in [1.165, 1.54) is 50.1 Å². The lowest BCUT2D eigenvalue weighted by Crippen LogP contribution is -1.62. The Labute approximate surface area is 154 Å². The number of fused-ring (bicyclic) bond motifs is 6. The number of thiophene rings is 4. The van der Waals surface area contributed by atoms with Crippen molar-refractivity contribution < 1.29 is 0 Å². The fourth-order valence-corrected chi connectivity index (χ4v) is 7.81. The summed E-state index contributed by atoms with van der Waals surface area (Å²) >= 11 is 7.56. The van der Waals surface area contributed by atoms with Gasteiger partial charge in [-0.25, -0.2) is 0 Å². The molecule has 114 valence electrons. The minimum absolute atomic E-state index is 1.36. The van der Waals surface area contributed by atoms with Gasteiger partial charge in [-0.3, -0.25) is 0 Å².